The van der Waals surface area contributed by atoms with E-state index in [4.69, 9.17) is 16.0 Å². The van der Waals surface area contributed by atoms with Gasteiger partial charge in [0.1, 0.15) is 5.82 Å². The molecular weight excluding hydrogens is 350 g/mol. The lowest BCUT2D eigenvalue weighted by molar-refractivity contribution is 0.577. The van der Waals surface area contributed by atoms with Crippen molar-refractivity contribution >= 4 is 23.2 Å². The van der Waals surface area contributed by atoms with Gasteiger partial charge in [0.15, 0.2) is 5.76 Å². The van der Waals surface area contributed by atoms with Crippen molar-refractivity contribution in [3.63, 3.8) is 0 Å². The minimum atomic E-state index is 0.522. The number of aromatic nitrogens is 4. The number of rotatable bonds is 5. The van der Waals surface area contributed by atoms with E-state index in [2.05, 4.69) is 20.4 Å². The van der Waals surface area contributed by atoms with Gasteiger partial charge in [0.25, 0.3) is 5.78 Å². The maximum Gasteiger partial charge on any atom is 0.255 e. The predicted octanol–water partition coefficient (Wildman–Crippen LogP) is 4.31. The van der Waals surface area contributed by atoms with E-state index in [0.717, 1.165) is 35.1 Å². The number of anilines is 1. The molecule has 1 aromatic carbocycles. The number of hydrogen-bond acceptors (Lipinski definition) is 5. The molecule has 0 aliphatic carbocycles. The number of nitrogens with zero attached hydrogens (tertiary/aromatic N) is 4. The molecular formula is C19H18ClN5O. The number of aryl methyl sites for hydroxylation is 1. The van der Waals surface area contributed by atoms with E-state index in [0.29, 0.717) is 17.4 Å². The summed E-state index contributed by atoms with van der Waals surface area (Å²) in [7, 11) is 0. The molecule has 0 spiro atoms. The lowest BCUT2D eigenvalue weighted by atomic mass is 10.1. The van der Waals surface area contributed by atoms with Gasteiger partial charge in [-0.05, 0) is 50.1 Å². The largest absolute Gasteiger partial charge is 0.461 e. The van der Waals surface area contributed by atoms with Crippen LogP contribution in [0.3, 0.4) is 0 Å². The minimum absolute atomic E-state index is 0.522. The standard InChI is InChI=1S/C19H18ClN5O/c1-12-13(2)22-19-23-17(16-4-3-11-26-16)24-25(19)18(12)21-10-9-14-5-7-15(20)8-6-14/h3-8,11,21H,9-10H2,1-2H3. The summed E-state index contributed by atoms with van der Waals surface area (Å²) in [4.78, 5) is 9.02. The molecule has 7 heteroatoms. The van der Waals surface area contributed by atoms with Gasteiger partial charge in [-0.2, -0.15) is 9.50 Å². The molecule has 0 unspecified atom stereocenters. The monoisotopic (exact) mass is 367 g/mol. The van der Waals surface area contributed by atoms with Crippen molar-refractivity contribution in [3.8, 4) is 11.6 Å². The molecule has 132 valence electrons. The van der Waals surface area contributed by atoms with Crippen molar-refractivity contribution in [3.05, 3.63) is 64.5 Å². The predicted molar refractivity (Wildman–Crippen MR) is 102 cm³/mol. The van der Waals surface area contributed by atoms with E-state index in [-0.39, 0.29) is 0 Å². The van der Waals surface area contributed by atoms with Crippen LogP contribution in [0, 0.1) is 13.8 Å². The fourth-order valence-electron chi connectivity index (χ4n) is 2.78. The SMILES string of the molecule is Cc1nc2nc(-c3ccco3)nn2c(NCCc2ccc(Cl)cc2)c1C. The maximum absolute atomic E-state index is 5.94. The third-order valence-electron chi connectivity index (χ3n) is 4.33. The number of benzene rings is 1. The van der Waals surface area contributed by atoms with Gasteiger partial charge in [-0.15, -0.1) is 5.10 Å². The normalized spacial score (nSPS) is 11.2. The third-order valence-corrected chi connectivity index (χ3v) is 4.58. The number of furan rings is 1. The molecule has 0 radical (unpaired) electrons. The second-order valence-electron chi connectivity index (χ2n) is 6.10. The molecule has 0 fully saturated rings. The van der Waals surface area contributed by atoms with Crippen LogP contribution in [0.15, 0.2) is 47.1 Å². The van der Waals surface area contributed by atoms with Gasteiger partial charge in [-0.1, -0.05) is 23.7 Å². The summed E-state index contributed by atoms with van der Waals surface area (Å²) in [5.41, 5.74) is 3.19. The Balaban J connectivity index is 1.62. The van der Waals surface area contributed by atoms with Crippen molar-refractivity contribution in [1.29, 1.82) is 0 Å². The van der Waals surface area contributed by atoms with Gasteiger partial charge in [0, 0.05) is 22.8 Å². The molecule has 0 saturated heterocycles. The number of fused-ring (bicyclic) bond motifs is 1. The first-order chi connectivity index (χ1) is 12.6. The molecule has 0 amide bonds. The van der Waals surface area contributed by atoms with Crippen LogP contribution in [0.25, 0.3) is 17.4 Å². The molecule has 4 rings (SSSR count). The van der Waals surface area contributed by atoms with E-state index in [1.54, 1.807) is 10.8 Å². The smallest absolute Gasteiger partial charge is 0.255 e. The number of nitrogens with one attached hydrogen (secondary N) is 1. The zero-order chi connectivity index (χ0) is 18.1. The first-order valence-corrected chi connectivity index (χ1v) is 8.76. The lowest BCUT2D eigenvalue weighted by Gasteiger charge is -2.12. The highest BCUT2D eigenvalue weighted by atomic mass is 35.5. The van der Waals surface area contributed by atoms with Crippen molar-refractivity contribution in [2.75, 3.05) is 11.9 Å². The van der Waals surface area contributed by atoms with Crippen LogP contribution in [0.4, 0.5) is 5.82 Å². The Labute approximate surface area is 155 Å². The molecule has 6 nitrogen and oxygen atoms in total. The maximum atomic E-state index is 5.94. The minimum Gasteiger partial charge on any atom is -0.461 e. The van der Waals surface area contributed by atoms with Gasteiger partial charge in [0.05, 0.1) is 6.26 Å². The summed E-state index contributed by atoms with van der Waals surface area (Å²) in [6.45, 7) is 4.76. The van der Waals surface area contributed by atoms with Crippen LogP contribution in [-0.4, -0.2) is 26.1 Å². The topological polar surface area (TPSA) is 68.2 Å². The van der Waals surface area contributed by atoms with Crippen molar-refractivity contribution in [2.45, 2.75) is 20.3 Å². The molecule has 0 saturated carbocycles. The van der Waals surface area contributed by atoms with E-state index >= 15 is 0 Å². The Hall–Kier alpha value is -2.86. The second-order valence-corrected chi connectivity index (χ2v) is 6.54. The Kier molecular flexibility index (Phi) is 4.34. The van der Waals surface area contributed by atoms with Crippen LogP contribution in [0.1, 0.15) is 16.8 Å². The molecule has 26 heavy (non-hydrogen) atoms. The van der Waals surface area contributed by atoms with Crippen LogP contribution in [0.2, 0.25) is 5.02 Å². The second kappa shape index (κ2) is 6.80. The Bertz CT molecular complexity index is 1040. The van der Waals surface area contributed by atoms with Gasteiger partial charge in [-0.25, -0.2) is 4.98 Å². The van der Waals surface area contributed by atoms with Crippen LogP contribution < -0.4 is 5.32 Å². The Morgan fingerprint density at radius 3 is 2.65 bits per heavy atom. The van der Waals surface area contributed by atoms with Crippen LogP contribution in [-0.2, 0) is 6.42 Å². The third kappa shape index (κ3) is 3.15. The highest BCUT2D eigenvalue weighted by Crippen LogP contribution is 2.22. The summed E-state index contributed by atoms with van der Waals surface area (Å²) in [6.07, 6.45) is 2.48. The van der Waals surface area contributed by atoms with Crippen molar-refractivity contribution < 1.29 is 4.42 Å². The van der Waals surface area contributed by atoms with E-state index < -0.39 is 0 Å². The highest BCUT2D eigenvalue weighted by molar-refractivity contribution is 6.30. The van der Waals surface area contributed by atoms with Crippen LogP contribution >= 0.6 is 11.6 Å². The van der Waals surface area contributed by atoms with E-state index in [1.165, 1.54) is 5.56 Å². The number of halogens is 1. The first kappa shape index (κ1) is 16.6. The van der Waals surface area contributed by atoms with E-state index in [1.807, 2.05) is 50.2 Å². The number of hydrogen-bond donors (Lipinski definition) is 1. The molecule has 0 atom stereocenters. The van der Waals surface area contributed by atoms with Gasteiger partial charge >= 0.3 is 0 Å². The van der Waals surface area contributed by atoms with Gasteiger partial charge in [0.2, 0.25) is 5.82 Å². The van der Waals surface area contributed by atoms with Gasteiger partial charge < -0.3 is 9.73 Å². The molecule has 3 aromatic heterocycles. The molecule has 3 heterocycles. The Morgan fingerprint density at radius 1 is 1.12 bits per heavy atom. The summed E-state index contributed by atoms with van der Waals surface area (Å²) in [5.74, 6) is 2.59. The molecule has 0 aliphatic rings. The average molecular weight is 368 g/mol. The average Bonchev–Trinajstić information content (AvgIpc) is 3.29. The summed E-state index contributed by atoms with van der Waals surface area (Å²) in [6, 6.07) is 11.5. The quantitative estimate of drug-likeness (QED) is 0.569. The summed E-state index contributed by atoms with van der Waals surface area (Å²) < 4.78 is 7.14. The first-order valence-electron chi connectivity index (χ1n) is 8.38. The summed E-state index contributed by atoms with van der Waals surface area (Å²) in [5, 5.41) is 8.79. The van der Waals surface area contributed by atoms with E-state index in [9.17, 15) is 0 Å². The summed E-state index contributed by atoms with van der Waals surface area (Å²) >= 11 is 5.94. The Morgan fingerprint density at radius 2 is 1.92 bits per heavy atom. The fourth-order valence-corrected chi connectivity index (χ4v) is 2.91. The van der Waals surface area contributed by atoms with Crippen molar-refractivity contribution in [1.82, 2.24) is 19.6 Å². The molecule has 1 N–H and O–H groups in total. The lowest BCUT2D eigenvalue weighted by Crippen LogP contribution is -2.12. The highest BCUT2D eigenvalue weighted by Gasteiger charge is 2.15. The van der Waals surface area contributed by atoms with Gasteiger partial charge in [-0.3, -0.25) is 0 Å². The van der Waals surface area contributed by atoms with Crippen LogP contribution in [0.5, 0.6) is 0 Å². The molecule has 0 bridgehead atoms. The molecule has 0 aliphatic heterocycles. The zero-order valence-corrected chi connectivity index (χ0v) is 15.3. The molecule has 4 aromatic rings. The zero-order valence-electron chi connectivity index (χ0n) is 14.5. The fraction of sp³-hybridized carbons (Fsp3) is 0.211. The van der Waals surface area contributed by atoms with Crippen molar-refractivity contribution in [2.24, 2.45) is 0 Å².